The van der Waals surface area contributed by atoms with Gasteiger partial charge in [-0.05, 0) is 43.5 Å². The smallest absolute Gasteiger partial charge is 0.254 e. The Bertz CT molecular complexity index is 1310. The van der Waals surface area contributed by atoms with Crippen molar-refractivity contribution in [2.24, 2.45) is 0 Å². The zero-order chi connectivity index (χ0) is 27.1. The van der Waals surface area contributed by atoms with Crippen LogP contribution in [0.4, 0.5) is 5.69 Å². The highest BCUT2D eigenvalue weighted by Crippen LogP contribution is 2.43. The minimum Gasteiger partial charge on any atom is -0.495 e. The number of allylic oxidation sites excluding steroid dienone is 2. The summed E-state index contributed by atoms with van der Waals surface area (Å²) < 4.78 is 5.39. The first-order valence-electron chi connectivity index (χ1n) is 12.7. The fourth-order valence-electron chi connectivity index (χ4n) is 4.94. The molecule has 2 aromatic carbocycles. The van der Waals surface area contributed by atoms with Gasteiger partial charge in [-0.25, -0.2) is 0 Å². The Balaban J connectivity index is 1.63. The van der Waals surface area contributed by atoms with E-state index in [-0.39, 0.29) is 23.6 Å². The summed E-state index contributed by atoms with van der Waals surface area (Å²) in [6.07, 6.45) is 5.48. The van der Waals surface area contributed by atoms with Gasteiger partial charge in [0.15, 0.2) is 0 Å². The van der Waals surface area contributed by atoms with Gasteiger partial charge in [-0.15, -0.1) is 0 Å². The van der Waals surface area contributed by atoms with E-state index in [1.807, 2.05) is 18.2 Å². The lowest BCUT2D eigenvalue weighted by Crippen LogP contribution is -2.37. The third kappa shape index (κ3) is 6.35. The van der Waals surface area contributed by atoms with E-state index in [0.29, 0.717) is 43.9 Å². The molecule has 1 saturated carbocycles. The monoisotopic (exact) mass is 550 g/mol. The number of rotatable bonds is 8. The SMILES string of the molecule is COc1ccccc1NC(=O)C1=C(C)NC(SCC(=O)NC2CCCCC2)=C(C#N)[C@H]1c1ccccc1Cl. The molecule has 4 rings (SSSR count). The highest BCUT2D eigenvalue weighted by atomic mass is 35.5. The zero-order valence-electron chi connectivity index (χ0n) is 21.5. The van der Waals surface area contributed by atoms with Crippen molar-refractivity contribution < 1.29 is 14.3 Å². The van der Waals surface area contributed by atoms with Crippen molar-refractivity contribution in [3.8, 4) is 11.8 Å². The molecule has 1 heterocycles. The Hall–Kier alpha value is -3.41. The van der Waals surface area contributed by atoms with Gasteiger partial charge in [-0.1, -0.05) is 73.0 Å². The number of nitrogens with zero attached hydrogens (tertiary/aromatic N) is 1. The van der Waals surface area contributed by atoms with Crippen molar-refractivity contribution in [2.45, 2.75) is 51.0 Å². The molecule has 2 amide bonds. The summed E-state index contributed by atoms with van der Waals surface area (Å²) in [6, 6.07) is 16.8. The zero-order valence-corrected chi connectivity index (χ0v) is 23.0. The summed E-state index contributed by atoms with van der Waals surface area (Å²) in [5.74, 6) is -0.475. The molecule has 1 aliphatic carbocycles. The number of nitrogens with one attached hydrogen (secondary N) is 3. The number of nitriles is 1. The summed E-state index contributed by atoms with van der Waals surface area (Å²) in [5, 5.41) is 20.6. The molecule has 2 aromatic rings. The lowest BCUT2D eigenvalue weighted by Gasteiger charge is -2.30. The predicted molar refractivity (Wildman–Crippen MR) is 152 cm³/mol. The number of dihydropyridines is 1. The third-order valence-electron chi connectivity index (χ3n) is 6.78. The number of amides is 2. The molecule has 198 valence electrons. The van der Waals surface area contributed by atoms with Crippen molar-refractivity contribution in [3.05, 3.63) is 81.0 Å². The predicted octanol–water partition coefficient (Wildman–Crippen LogP) is 5.87. The van der Waals surface area contributed by atoms with E-state index in [1.54, 1.807) is 37.3 Å². The Labute approximate surface area is 232 Å². The second-order valence-electron chi connectivity index (χ2n) is 9.32. The van der Waals surface area contributed by atoms with Crippen LogP contribution in [0.3, 0.4) is 0 Å². The molecule has 0 unspecified atom stereocenters. The fraction of sp³-hybridized carbons (Fsp3) is 0.345. The number of thioether (sulfide) groups is 1. The average Bonchev–Trinajstić information content (AvgIpc) is 2.92. The van der Waals surface area contributed by atoms with Gasteiger partial charge in [0.25, 0.3) is 5.91 Å². The van der Waals surface area contributed by atoms with Gasteiger partial charge >= 0.3 is 0 Å². The Morgan fingerprint density at radius 1 is 1.13 bits per heavy atom. The summed E-state index contributed by atoms with van der Waals surface area (Å²) in [7, 11) is 1.54. The van der Waals surface area contributed by atoms with Crippen LogP contribution in [0.15, 0.2) is 70.4 Å². The molecule has 0 spiro atoms. The van der Waals surface area contributed by atoms with E-state index in [4.69, 9.17) is 16.3 Å². The Morgan fingerprint density at radius 3 is 2.55 bits per heavy atom. The molecule has 0 bridgehead atoms. The van der Waals surface area contributed by atoms with Gasteiger partial charge in [0.05, 0.1) is 41.1 Å². The molecular weight excluding hydrogens is 520 g/mol. The highest BCUT2D eigenvalue weighted by Gasteiger charge is 2.36. The number of halogens is 1. The molecule has 3 N–H and O–H groups in total. The standard InChI is InChI=1S/C29H31ClN4O3S/c1-18-26(28(36)34-23-14-8-9-15-24(23)37-2)27(20-12-6-7-13-22(20)30)21(16-31)29(32-18)38-17-25(35)33-19-10-4-3-5-11-19/h6-9,12-15,19,27,32H,3-5,10-11,17H2,1-2H3,(H,33,35)(H,34,36)/t27-/m1/s1. The number of benzene rings is 2. The first kappa shape index (κ1) is 27.6. The first-order valence-corrected chi connectivity index (χ1v) is 14.0. The number of ether oxygens (including phenoxy) is 1. The molecule has 1 atom stereocenters. The summed E-state index contributed by atoms with van der Waals surface area (Å²) in [5.41, 5.74) is 2.44. The number of methoxy groups -OCH3 is 1. The second-order valence-corrected chi connectivity index (χ2v) is 10.7. The van der Waals surface area contributed by atoms with Gasteiger partial charge < -0.3 is 20.7 Å². The number of carbonyl (C=O) groups excluding carboxylic acids is 2. The van der Waals surface area contributed by atoms with Gasteiger partial charge in [-0.3, -0.25) is 9.59 Å². The second kappa shape index (κ2) is 12.9. The highest BCUT2D eigenvalue weighted by molar-refractivity contribution is 8.03. The van der Waals surface area contributed by atoms with Crippen LogP contribution < -0.4 is 20.7 Å². The minimum atomic E-state index is -0.714. The first-order chi connectivity index (χ1) is 18.4. The maximum atomic E-state index is 13.7. The van der Waals surface area contributed by atoms with E-state index >= 15 is 0 Å². The van der Waals surface area contributed by atoms with Crippen molar-refractivity contribution in [3.63, 3.8) is 0 Å². The van der Waals surface area contributed by atoms with Crippen LogP contribution in [0.5, 0.6) is 5.75 Å². The van der Waals surface area contributed by atoms with E-state index < -0.39 is 5.92 Å². The molecule has 0 aromatic heterocycles. The van der Waals surface area contributed by atoms with Crippen molar-refractivity contribution >= 4 is 40.9 Å². The molecule has 38 heavy (non-hydrogen) atoms. The fourth-order valence-corrected chi connectivity index (χ4v) is 6.09. The van der Waals surface area contributed by atoms with Crippen LogP contribution in [-0.2, 0) is 9.59 Å². The number of hydrogen-bond donors (Lipinski definition) is 3. The lowest BCUT2D eigenvalue weighted by molar-refractivity contribution is -0.119. The quantitative estimate of drug-likeness (QED) is 0.380. The third-order valence-corrected chi connectivity index (χ3v) is 8.14. The molecule has 1 aliphatic heterocycles. The largest absolute Gasteiger partial charge is 0.495 e. The molecule has 0 saturated heterocycles. The van der Waals surface area contributed by atoms with Crippen molar-refractivity contribution in [1.29, 1.82) is 5.26 Å². The normalized spacial score (nSPS) is 17.9. The van der Waals surface area contributed by atoms with Gasteiger partial charge in [0, 0.05) is 22.3 Å². The molecule has 7 nitrogen and oxygen atoms in total. The molecule has 2 aliphatic rings. The number of para-hydroxylation sites is 2. The van der Waals surface area contributed by atoms with E-state index in [9.17, 15) is 14.9 Å². The van der Waals surface area contributed by atoms with Crippen LogP contribution in [-0.4, -0.2) is 30.7 Å². The van der Waals surface area contributed by atoms with Gasteiger partial charge in [0.1, 0.15) is 5.75 Å². The average molecular weight is 551 g/mol. The Morgan fingerprint density at radius 2 is 1.84 bits per heavy atom. The maximum absolute atomic E-state index is 13.7. The van der Waals surface area contributed by atoms with E-state index in [0.717, 1.165) is 25.7 Å². The topological polar surface area (TPSA) is 103 Å². The summed E-state index contributed by atoms with van der Waals surface area (Å²) >= 11 is 7.86. The van der Waals surface area contributed by atoms with Crippen molar-refractivity contribution in [1.82, 2.24) is 10.6 Å². The summed E-state index contributed by atoms with van der Waals surface area (Å²) in [6.45, 7) is 1.79. The van der Waals surface area contributed by atoms with Crippen LogP contribution in [0.1, 0.15) is 50.5 Å². The van der Waals surface area contributed by atoms with Crippen LogP contribution in [0.25, 0.3) is 0 Å². The molecule has 9 heteroatoms. The van der Waals surface area contributed by atoms with Crippen LogP contribution in [0.2, 0.25) is 5.02 Å². The lowest BCUT2D eigenvalue weighted by atomic mass is 9.82. The van der Waals surface area contributed by atoms with Gasteiger partial charge in [0.2, 0.25) is 5.91 Å². The number of anilines is 1. The molecule has 1 fully saturated rings. The van der Waals surface area contributed by atoms with Crippen LogP contribution in [0, 0.1) is 11.3 Å². The van der Waals surface area contributed by atoms with E-state index in [2.05, 4.69) is 22.0 Å². The summed E-state index contributed by atoms with van der Waals surface area (Å²) in [4.78, 5) is 26.4. The molecular formula is C29H31ClN4O3S. The Kier molecular flexibility index (Phi) is 9.38. The van der Waals surface area contributed by atoms with E-state index in [1.165, 1.54) is 25.3 Å². The minimum absolute atomic E-state index is 0.0656. The number of carbonyl (C=O) groups is 2. The number of hydrogen-bond acceptors (Lipinski definition) is 6. The van der Waals surface area contributed by atoms with Crippen LogP contribution >= 0.6 is 23.4 Å². The maximum Gasteiger partial charge on any atom is 0.254 e. The molecule has 0 radical (unpaired) electrons. The van der Waals surface area contributed by atoms with Gasteiger partial charge in [-0.2, -0.15) is 5.26 Å². The van der Waals surface area contributed by atoms with Crippen molar-refractivity contribution in [2.75, 3.05) is 18.2 Å².